The highest BCUT2D eigenvalue weighted by Gasteiger charge is 2.12. The average Bonchev–Trinajstić information content (AvgIpc) is 2.96. The van der Waals surface area contributed by atoms with E-state index in [4.69, 9.17) is 25.2 Å². The first-order valence-electron chi connectivity index (χ1n) is 11.3. The van der Waals surface area contributed by atoms with E-state index in [1.807, 2.05) is 67.7 Å². The molecule has 11 heteroatoms. The number of hydrogen-bond donors (Lipinski definition) is 4. The lowest BCUT2D eigenvalue weighted by molar-refractivity contribution is -0.126. The third-order valence-corrected chi connectivity index (χ3v) is 5.73. The van der Waals surface area contributed by atoms with E-state index in [1.165, 1.54) is 11.9 Å². The fourth-order valence-corrected chi connectivity index (χ4v) is 3.82. The van der Waals surface area contributed by atoms with Crippen molar-refractivity contribution in [1.82, 2.24) is 9.97 Å². The van der Waals surface area contributed by atoms with Crippen molar-refractivity contribution in [3.63, 3.8) is 0 Å². The van der Waals surface area contributed by atoms with E-state index in [0.29, 0.717) is 23.1 Å². The summed E-state index contributed by atoms with van der Waals surface area (Å²) in [6, 6.07) is 21.5. The van der Waals surface area contributed by atoms with E-state index in [1.54, 1.807) is 14.2 Å². The number of methoxy groups -OCH3 is 2. The van der Waals surface area contributed by atoms with Gasteiger partial charge < -0.3 is 30.6 Å². The highest BCUT2D eigenvalue weighted by molar-refractivity contribution is 8.00. The molecule has 0 radical (unpaired) electrons. The Morgan fingerprint density at radius 1 is 0.895 bits per heavy atom. The van der Waals surface area contributed by atoms with Crippen molar-refractivity contribution >= 4 is 58.1 Å². The maximum Gasteiger partial charge on any atom is 0.219 e. The Morgan fingerprint density at radius 2 is 1.55 bits per heavy atom. The van der Waals surface area contributed by atoms with Gasteiger partial charge >= 0.3 is 0 Å². The number of ketones is 1. The number of nitrogens with one attached hydrogen (secondary N) is 3. The minimum Gasteiger partial charge on any atom is -0.497 e. The Bertz CT molecular complexity index is 1410. The molecule has 38 heavy (non-hydrogen) atoms. The molecule has 4 rings (SSSR count). The monoisotopic (exact) mass is 532 g/mol. The van der Waals surface area contributed by atoms with Gasteiger partial charge in [-0.15, -0.1) is 0 Å². The number of anilines is 4. The molecule has 0 spiro atoms. The average molecular weight is 533 g/mol. The zero-order valence-electron chi connectivity index (χ0n) is 21.1. The Hall–Kier alpha value is -4.77. The molecule has 0 aliphatic carbocycles. The lowest BCUT2D eigenvalue weighted by Crippen LogP contribution is -2.03. The Labute approximate surface area is 224 Å². The van der Waals surface area contributed by atoms with Crippen molar-refractivity contribution in [2.45, 2.75) is 4.90 Å². The van der Waals surface area contributed by atoms with Crippen LogP contribution in [0.2, 0.25) is 0 Å². The molecule has 3 aromatic carbocycles. The number of nitrogens with two attached hydrogens (primary N) is 1. The molecule has 0 unspecified atom stereocenters. The van der Waals surface area contributed by atoms with Crippen LogP contribution < -0.4 is 30.6 Å². The molecule has 0 aliphatic rings. The maximum absolute atomic E-state index is 9.88. The Morgan fingerprint density at radius 3 is 2.11 bits per heavy atom. The van der Waals surface area contributed by atoms with Crippen molar-refractivity contribution < 1.29 is 19.1 Å². The first kappa shape index (κ1) is 27.8. The number of benzene rings is 3. The molecular weight excluding hydrogens is 504 g/mol. The van der Waals surface area contributed by atoms with Crippen LogP contribution in [0.5, 0.6) is 11.5 Å². The molecule has 0 saturated carbocycles. The van der Waals surface area contributed by atoms with E-state index in [0.717, 1.165) is 39.6 Å². The van der Waals surface area contributed by atoms with Crippen LogP contribution >= 0.6 is 11.9 Å². The van der Waals surface area contributed by atoms with Crippen LogP contribution in [0.25, 0.3) is 11.0 Å². The van der Waals surface area contributed by atoms with Crippen LogP contribution in [-0.4, -0.2) is 43.3 Å². The van der Waals surface area contributed by atoms with Gasteiger partial charge in [-0.25, -0.2) is 9.97 Å². The van der Waals surface area contributed by atoms with Crippen molar-refractivity contribution in [2.24, 2.45) is 5.73 Å². The van der Waals surface area contributed by atoms with Crippen molar-refractivity contribution in [3.05, 3.63) is 79.0 Å². The Balaban J connectivity index is 0.000000505. The predicted molar refractivity (Wildman–Crippen MR) is 152 cm³/mol. The molecule has 4 aromatic rings. The zero-order chi connectivity index (χ0) is 27.3. The molecular formula is C27H28N6O4S. The van der Waals surface area contributed by atoms with Gasteiger partial charge in [0.1, 0.15) is 11.5 Å². The topological polar surface area (TPSA) is 140 Å². The van der Waals surface area contributed by atoms with Crippen molar-refractivity contribution in [2.75, 3.05) is 36.6 Å². The minimum absolute atomic E-state index is 0.198. The summed E-state index contributed by atoms with van der Waals surface area (Å²) in [7, 11) is 5.14. The number of nitrogens with zero attached hydrogens (tertiary/aromatic N) is 2. The number of ether oxygens (including phenoxy) is 2. The number of carbonyl (C=O) groups excluding carboxylic acids is 2. The van der Waals surface area contributed by atoms with Gasteiger partial charge in [0, 0.05) is 47.6 Å². The van der Waals surface area contributed by atoms with E-state index >= 15 is 0 Å². The van der Waals surface area contributed by atoms with E-state index < -0.39 is 5.78 Å². The van der Waals surface area contributed by atoms with Gasteiger partial charge in [-0.2, -0.15) is 0 Å². The number of hydrogen-bond acceptors (Lipinski definition) is 11. The number of aromatic nitrogens is 2. The first-order valence-corrected chi connectivity index (χ1v) is 12.2. The van der Waals surface area contributed by atoms with Crippen LogP contribution in [0.1, 0.15) is 0 Å². The molecule has 1 aromatic heterocycles. The smallest absolute Gasteiger partial charge is 0.219 e. The number of aldehydes is 1. The zero-order valence-corrected chi connectivity index (χ0v) is 21.9. The van der Waals surface area contributed by atoms with Crippen LogP contribution in [0.3, 0.4) is 0 Å². The third kappa shape index (κ3) is 7.87. The summed E-state index contributed by atoms with van der Waals surface area (Å²) in [6.45, 7) is 0. The molecule has 0 aliphatic heterocycles. The highest BCUT2D eigenvalue weighted by atomic mass is 32.2. The Kier molecular flexibility index (Phi) is 10.3. The number of rotatable bonds is 10. The first-order chi connectivity index (χ1) is 18.5. The summed E-state index contributed by atoms with van der Waals surface area (Å²) in [5.41, 5.74) is 8.18. The molecule has 10 nitrogen and oxygen atoms in total. The van der Waals surface area contributed by atoms with Gasteiger partial charge in [0.05, 0.1) is 25.3 Å². The predicted octanol–water partition coefficient (Wildman–Crippen LogP) is 4.78. The van der Waals surface area contributed by atoms with Crippen LogP contribution in [-0.2, 0) is 9.59 Å². The number of carbonyl (C=O) groups is 2. The van der Waals surface area contributed by atoms with Crippen molar-refractivity contribution in [1.29, 1.82) is 0 Å². The second kappa shape index (κ2) is 14.1. The lowest BCUT2D eigenvalue weighted by Gasteiger charge is -2.14. The molecule has 1 heterocycles. The number of para-hydroxylation sites is 2. The highest BCUT2D eigenvalue weighted by Crippen LogP contribution is 2.32. The summed E-state index contributed by atoms with van der Waals surface area (Å²) < 4.78 is 14.1. The molecule has 0 atom stereocenters. The largest absolute Gasteiger partial charge is 0.497 e. The summed E-state index contributed by atoms with van der Waals surface area (Å²) in [5, 5.41) is 6.50. The third-order valence-electron chi connectivity index (χ3n) is 4.95. The summed E-state index contributed by atoms with van der Waals surface area (Å²) in [4.78, 5) is 29.9. The van der Waals surface area contributed by atoms with Crippen molar-refractivity contribution in [3.8, 4) is 11.5 Å². The maximum atomic E-state index is 9.88. The minimum atomic E-state index is -0.609. The molecule has 196 valence electrons. The second-order valence-corrected chi connectivity index (χ2v) is 8.38. The molecule has 0 amide bonds. The van der Waals surface area contributed by atoms with Crippen LogP contribution in [0.4, 0.5) is 23.0 Å². The van der Waals surface area contributed by atoms with Gasteiger partial charge in [0.2, 0.25) is 5.78 Å². The molecule has 0 fully saturated rings. The lowest BCUT2D eigenvalue weighted by atomic mass is 10.2. The quantitative estimate of drug-likeness (QED) is 0.0970. The fraction of sp³-hybridized carbons (Fsp3) is 0.111. The van der Waals surface area contributed by atoms with Gasteiger partial charge in [0.15, 0.2) is 17.9 Å². The SMILES string of the molecule is CNc1cccc(SNc2nc3ccccc3nc2Nc2cc(OC)cc(OC)c2)c1.N/C=C\C(=O)C=O. The van der Waals surface area contributed by atoms with E-state index in [2.05, 4.69) is 21.4 Å². The van der Waals surface area contributed by atoms with Gasteiger partial charge in [-0.05, 0) is 48.5 Å². The molecule has 5 N–H and O–H groups in total. The van der Waals surface area contributed by atoms with E-state index in [-0.39, 0.29) is 6.29 Å². The standard InChI is InChI=1S/C23H23N5O2S.C4H5NO2/c1-24-15-7-6-8-19(13-15)31-28-23-22(26-20-9-4-5-10-21(20)27-23)25-16-11-17(29-2)14-18(12-16)30-3;5-2-1-4(7)3-6/h4-14,24H,1-3H3,(H,25,26)(H,27,28);1-3H,5H2/b;2-1-. The summed E-state index contributed by atoms with van der Waals surface area (Å²) in [5.74, 6) is 1.99. The normalized spacial score (nSPS) is 10.3. The van der Waals surface area contributed by atoms with E-state index in [9.17, 15) is 9.59 Å². The van der Waals surface area contributed by atoms with Gasteiger partial charge in [-0.3, -0.25) is 9.59 Å². The van der Waals surface area contributed by atoms with Gasteiger partial charge in [0.25, 0.3) is 0 Å². The number of fused-ring (bicyclic) bond motifs is 1. The fourth-order valence-electron chi connectivity index (χ4n) is 3.13. The van der Waals surface area contributed by atoms with Crippen LogP contribution in [0, 0.1) is 0 Å². The van der Waals surface area contributed by atoms with Gasteiger partial charge in [-0.1, -0.05) is 18.2 Å². The second-order valence-electron chi connectivity index (χ2n) is 7.50. The molecule has 0 saturated heterocycles. The molecule has 0 bridgehead atoms. The summed E-state index contributed by atoms with van der Waals surface area (Å²) >= 11 is 1.47. The number of allylic oxidation sites excluding steroid dienone is 1. The summed E-state index contributed by atoms with van der Waals surface area (Å²) in [6.07, 6.45) is 2.22. The van der Waals surface area contributed by atoms with Crippen LogP contribution in [0.15, 0.2) is 83.9 Å².